The number of nitrogens with zero attached hydrogens (tertiary/aromatic N) is 1. The molecule has 0 unspecified atom stereocenters. The van der Waals surface area contributed by atoms with Gasteiger partial charge in [-0.05, 0) is 37.5 Å². The summed E-state index contributed by atoms with van der Waals surface area (Å²) in [6.07, 6.45) is -4.06. The second-order valence-electron chi connectivity index (χ2n) is 8.95. The summed E-state index contributed by atoms with van der Waals surface area (Å²) in [7, 11) is 0. The molecule has 12 heteroatoms. The van der Waals surface area contributed by atoms with Crippen LogP contribution in [0.5, 0.6) is 0 Å². The Bertz CT molecular complexity index is 947. The number of halogens is 5. The standard InChI is InChI=1S/C21H21ClF4N2O5/c22-12-1-2-15(16(23)3-12)17(30)6-28(11-29)20-8-19(9-20,10-20)27-18(31)7-32-13-4-14(5-13)33-21(24,25)26/h1-3,11,13-14H,4-10H2,(H,27,31). The molecule has 0 spiro atoms. The van der Waals surface area contributed by atoms with Gasteiger partial charge < -0.3 is 15.0 Å². The molecule has 4 aliphatic carbocycles. The van der Waals surface area contributed by atoms with Crippen molar-refractivity contribution in [3.05, 3.63) is 34.6 Å². The Kier molecular flexibility index (Phi) is 6.17. The minimum absolute atomic E-state index is 0.0670. The Hall–Kier alpha value is -2.24. The molecule has 2 amide bonds. The van der Waals surface area contributed by atoms with E-state index >= 15 is 0 Å². The molecule has 33 heavy (non-hydrogen) atoms. The van der Waals surface area contributed by atoms with E-state index < -0.39 is 47.2 Å². The maximum absolute atomic E-state index is 14.0. The lowest BCUT2D eigenvalue weighted by Crippen LogP contribution is -2.84. The van der Waals surface area contributed by atoms with Crippen LogP contribution in [0, 0.1) is 5.82 Å². The number of hydrogen-bond donors (Lipinski definition) is 1. The number of Topliss-reactive ketones (excluding diaryl/α,β-unsaturated/α-hetero) is 1. The smallest absolute Gasteiger partial charge is 0.368 e. The Morgan fingerprint density at radius 2 is 1.88 bits per heavy atom. The van der Waals surface area contributed by atoms with Gasteiger partial charge in [0, 0.05) is 28.9 Å². The maximum Gasteiger partial charge on any atom is 0.522 e. The first kappa shape index (κ1) is 23.9. The van der Waals surface area contributed by atoms with Gasteiger partial charge in [0.25, 0.3) is 0 Å². The van der Waals surface area contributed by atoms with Crippen LogP contribution in [0.25, 0.3) is 0 Å². The van der Waals surface area contributed by atoms with E-state index in [2.05, 4.69) is 10.1 Å². The lowest BCUT2D eigenvalue weighted by Gasteiger charge is -2.72. The van der Waals surface area contributed by atoms with Gasteiger partial charge in [-0.25, -0.2) is 4.39 Å². The normalized spacial score (nSPS) is 29.8. The Balaban J connectivity index is 1.20. The third-order valence-electron chi connectivity index (χ3n) is 6.49. The fourth-order valence-corrected chi connectivity index (χ4v) is 5.07. The fraction of sp³-hybridized carbons (Fsp3) is 0.571. The molecule has 1 N–H and O–H groups in total. The number of hydrogen-bond acceptors (Lipinski definition) is 5. The highest BCUT2D eigenvalue weighted by Gasteiger charge is 2.71. The number of benzene rings is 1. The van der Waals surface area contributed by atoms with Crippen molar-refractivity contribution in [2.24, 2.45) is 0 Å². The number of amides is 2. The Labute approximate surface area is 191 Å². The molecular formula is C21H21ClF4N2O5. The van der Waals surface area contributed by atoms with Crippen LogP contribution in [-0.4, -0.2) is 65.8 Å². The van der Waals surface area contributed by atoms with Crippen molar-refractivity contribution in [1.82, 2.24) is 10.2 Å². The number of ketones is 1. The van der Waals surface area contributed by atoms with Crippen LogP contribution in [0.2, 0.25) is 5.02 Å². The quantitative estimate of drug-likeness (QED) is 0.308. The highest BCUT2D eigenvalue weighted by Crippen LogP contribution is 2.63. The minimum atomic E-state index is -4.68. The molecule has 0 aromatic heterocycles. The molecule has 0 saturated heterocycles. The predicted molar refractivity (Wildman–Crippen MR) is 106 cm³/mol. The van der Waals surface area contributed by atoms with Gasteiger partial charge in [-0.2, -0.15) is 0 Å². The first-order valence-corrected chi connectivity index (χ1v) is 10.7. The van der Waals surface area contributed by atoms with Gasteiger partial charge in [0.05, 0.1) is 24.3 Å². The van der Waals surface area contributed by atoms with Crippen molar-refractivity contribution in [2.45, 2.75) is 61.8 Å². The number of ether oxygens (including phenoxy) is 2. The molecule has 2 bridgehead atoms. The average Bonchev–Trinajstić information content (AvgIpc) is 2.62. The Morgan fingerprint density at radius 3 is 2.45 bits per heavy atom. The molecule has 180 valence electrons. The van der Waals surface area contributed by atoms with Gasteiger partial charge in [-0.3, -0.25) is 19.1 Å². The summed E-state index contributed by atoms with van der Waals surface area (Å²) >= 11 is 5.69. The molecule has 1 aromatic rings. The average molecular weight is 493 g/mol. The largest absolute Gasteiger partial charge is 0.522 e. The van der Waals surface area contributed by atoms with Crippen LogP contribution in [0.4, 0.5) is 17.6 Å². The van der Waals surface area contributed by atoms with Crippen LogP contribution < -0.4 is 5.32 Å². The van der Waals surface area contributed by atoms with E-state index in [0.717, 1.165) is 6.07 Å². The highest BCUT2D eigenvalue weighted by atomic mass is 35.5. The van der Waals surface area contributed by atoms with E-state index in [1.807, 2.05) is 0 Å². The van der Waals surface area contributed by atoms with E-state index in [1.54, 1.807) is 0 Å². The van der Waals surface area contributed by atoms with Crippen molar-refractivity contribution in [1.29, 1.82) is 0 Å². The first-order chi connectivity index (χ1) is 15.4. The summed E-state index contributed by atoms with van der Waals surface area (Å²) in [5.41, 5.74) is -1.22. The zero-order valence-electron chi connectivity index (χ0n) is 17.3. The van der Waals surface area contributed by atoms with E-state index in [-0.39, 0.29) is 36.6 Å². The molecule has 7 nitrogen and oxygen atoms in total. The molecule has 0 radical (unpaired) electrons. The van der Waals surface area contributed by atoms with Gasteiger partial charge in [-0.1, -0.05) is 11.6 Å². The van der Waals surface area contributed by atoms with E-state index in [1.165, 1.54) is 17.0 Å². The second-order valence-corrected chi connectivity index (χ2v) is 9.39. The molecule has 0 heterocycles. The lowest BCUT2D eigenvalue weighted by molar-refractivity contribution is -0.357. The van der Waals surface area contributed by atoms with Gasteiger partial charge in [0.1, 0.15) is 12.4 Å². The second kappa shape index (κ2) is 8.52. The number of carbonyl (C=O) groups excluding carboxylic acids is 3. The summed E-state index contributed by atoms with van der Waals surface area (Å²) < 4.78 is 59.5. The molecule has 4 fully saturated rings. The van der Waals surface area contributed by atoms with Crippen molar-refractivity contribution < 1.29 is 41.4 Å². The fourth-order valence-electron chi connectivity index (χ4n) is 4.91. The zero-order valence-corrected chi connectivity index (χ0v) is 18.0. The predicted octanol–water partition coefficient (Wildman–Crippen LogP) is 3.00. The molecule has 5 rings (SSSR count). The Morgan fingerprint density at radius 1 is 1.21 bits per heavy atom. The minimum Gasteiger partial charge on any atom is -0.368 e. The van der Waals surface area contributed by atoms with Gasteiger partial charge in [0.2, 0.25) is 12.3 Å². The van der Waals surface area contributed by atoms with Crippen molar-refractivity contribution in [2.75, 3.05) is 13.2 Å². The molecule has 4 aliphatic rings. The maximum atomic E-state index is 14.0. The number of nitrogens with one attached hydrogen (secondary N) is 1. The van der Waals surface area contributed by atoms with E-state index in [4.69, 9.17) is 16.3 Å². The van der Waals surface area contributed by atoms with Crippen LogP contribution in [0.15, 0.2) is 18.2 Å². The third-order valence-corrected chi connectivity index (χ3v) is 6.73. The van der Waals surface area contributed by atoms with E-state index in [0.29, 0.717) is 25.7 Å². The lowest BCUT2D eigenvalue weighted by atomic mass is 9.43. The molecular weight excluding hydrogens is 472 g/mol. The summed E-state index contributed by atoms with van der Waals surface area (Å²) in [4.78, 5) is 37.6. The van der Waals surface area contributed by atoms with Crippen LogP contribution in [0.1, 0.15) is 42.5 Å². The van der Waals surface area contributed by atoms with E-state index in [9.17, 15) is 31.9 Å². The number of carbonyl (C=O) groups is 3. The summed E-state index contributed by atoms with van der Waals surface area (Å²) in [5, 5.41) is 3.00. The summed E-state index contributed by atoms with van der Waals surface area (Å²) in [5.74, 6) is -1.72. The third kappa shape index (κ3) is 4.99. The van der Waals surface area contributed by atoms with Crippen LogP contribution in [0.3, 0.4) is 0 Å². The van der Waals surface area contributed by atoms with Crippen molar-refractivity contribution in [3.8, 4) is 0 Å². The monoisotopic (exact) mass is 492 g/mol. The van der Waals surface area contributed by atoms with Crippen LogP contribution >= 0.6 is 11.6 Å². The molecule has 0 aliphatic heterocycles. The van der Waals surface area contributed by atoms with Crippen molar-refractivity contribution in [3.63, 3.8) is 0 Å². The number of alkyl halides is 3. The first-order valence-electron chi connectivity index (χ1n) is 10.3. The topological polar surface area (TPSA) is 84.9 Å². The molecule has 1 aromatic carbocycles. The molecule has 4 saturated carbocycles. The molecule has 0 atom stereocenters. The number of rotatable bonds is 10. The SMILES string of the molecule is O=CN(CC(=O)c1ccc(Cl)cc1F)C12CC(NC(=O)COC3CC(OC(F)(F)F)C3)(C1)C2. The van der Waals surface area contributed by atoms with Gasteiger partial charge >= 0.3 is 6.36 Å². The zero-order chi connectivity index (χ0) is 24.0. The highest BCUT2D eigenvalue weighted by molar-refractivity contribution is 6.30. The van der Waals surface area contributed by atoms with Gasteiger partial charge in [-0.15, -0.1) is 13.2 Å². The van der Waals surface area contributed by atoms with Crippen LogP contribution in [-0.2, 0) is 19.1 Å². The van der Waals surface area contributed by atoms with Gasteiger partial charge in [0.15, 0.2) is 5.78 Å². The van der Waals surface area contributed by atoms with Crippen molar-refractivity contribution >= 4 is 29.7 Å². The summed E-state index contributed by atoms with van der Waals surface area (Å²) in [6.45, 7) is -0.581. The summed E-state index contributed by atoms with van der Waals surface area (Å²) in [6, 6.07) is 3.69.